The van der Waals surface area contributed by atoms with Crippen LogP contribution in [0, 0.1) is 0 Å². The molecule has 0 spiro atoms. The summed E-state index contributed by atoms with van der Waals surface area (Å²) in [4.78, 5) is 14.3. The van der Waals surface area contributed by atoms with E-state index in [9.17, 15) is 15.0 Å². The number of amides is 1. The maximum atomic E-state index is 12.0. The van der Waals surface area contributed by atoms with E-state index < -0.39 is 12.4 Å². The Morgan fingerprint density at radius 1 is 1.17 bits per heavy atom. The number of likely N-dealkylation sites (tertiary alicyclic amines) is 1. The van der Waals surface area contributed by atoms with Gasteiger partial charge in [0.05, 0.1) is 25.4 Å². The number of benzene rings is 2. The molecular formula is C27H34N2O6. The van der Waals surface area contributed by atoms with Gasteiger partial charge in [-0.3, -0.25) is 10.2 Å². The van der Waals surface area contributed by atoms with E-state index in [1.54, 1.807) is 6.07 Å². The third kappa shape index (κ3) is 6.68. The van der Waals surface area contributed by atoms with Crippen molar-refractivity contribution in [3.8, 4) is 0 Å². The first kappa shape index (κ1) is 25.3. The van der Waals surface area contributed by atoms with Gasteiger partial charge in [0.1, 0.15) is 6.61 Å². The topological polar surface area (TPSA) is 100 Å². The van der Waals surface area contributed by atoms with Crippen LogP contribution >= 0.6 is 0 Å². The maximum absolute atomic E-state index is 12.0. The van der Waals surface area contributed by atoms with Gasteiger partial charge in [-0.15, -0.1) is 0 Å². The number of carbonyl (C=O) groups excluding carboxylic acids is 1. The third-order valence-electron chi connectivity index (χ3n) is 6.50. The molecule has 2 heterocycles. The molecule has 8 heteroatoms. The maximum Gasteiger partial charge on any atom is 0.411 e. The van der Waals surface area contributed by atoms with E-state index in [0.29, 0.717) is 18.7 Å². The van der Waals surface area contributed by atoms with Crippen molar-refractivity contribution < 1.29 is 29.2 Å². The largest absolute Gasteiger partial charge is 0.445 e. The second-order valence-corrected chi connectivity index (χ2v) is 8.96. The number of nitrogens with zero attached hydrogens (tertiary/aromatic N) is 1. The fourth-order valence-electron chi connectivity index (χ4n) is 4.69. The number of aliphatic hydroxyl groups is 2. The molecular weight excluding hydrogens is 448 g/mol. The molecule has 4 atom stereocenters. The van der Waals surface area contributed by atoms with E-state index in [2.05, 4.69) is 16.8 Å². The van der Waals surface area contributed by atoms with Crippen LogP contribution in [0.15, 0.2) is 61.2 Å². The summed E-state index contributed by atoms with van der Waals surface area (Å²) in [7, 11) is 0. The van der Waals surface area contributed by atoms with Gasteiger partial charge in [-0.2, -0.15) is 0 Å². The van der Waals surface area contributed by atoms with Crippen LogP contribution in [0.5, 0.6) is 0 Å². The lowest BCUT2D eigenvalue weighted by atomic mass is 9.99. The van der Waals surface area contributed by atoms with Crippen molar-refractivity contribution in [1.29, 1.82) is 0 Å². The number of hydrogen-bond acceptors (Lipinski definition) is 7. The lowest BCUT2D eigenvalue weighted by Gasteiger charge is -2.38. The van der Waals surface area contributed by atoms with E-state index in [4.69, 9.17) is 14.2 Å². The van der Waals surface area contributed by atoms with Gasteiger partial charge in [-0.05, 0) is 42.6 Å². The highest BCUT2D eigenvalue weighted by atomic mass is 16.7. The molecule has 8 nitrogen and oxygen atoms in total. The summed E-state index contributed by atoms with van der Waals surface area (Å²) in [5, 5.41) is 21.9. The number of carbonyl (C=O) groups is 1. The average Bonchev–Trinajstić information content (AvgIpc) is 3.34. The molecule has 2 aliphatic rings. The normalized spacial score (nSPS) is 24.7. The second-order valence-electron chi connectivity index (χ2n) is 8.96. The van der Waals surface area contributed by atoms with Crippen molar-refractivity contribution in [3.05, 3.63) is 77.9 Å². The quantitative estimate of drug-likeness (QED) is 0.466. The summed E-state index contributed by atoms with van der Waals surface area (Å²) in [5.74, 6) is 0. The van der Waals surface area contributed by atoms with Gasteiger partial charge in [0.25, 0.3) is 0 Å². The molecule has 2 aromatic rings. The van der Waals surface area contributed by atoms with E-state index in [1.165, 1.54) is 6.08 Å². The molecule has 0 bridgehead atoms. The lowest BCUT2D eigenvalue weighted by Crippen LogP contribution is -2.42. The molecule has 188 valence electrons. The predicted molar refractivity (Wildman–Crippen MR) is 132 cm³/mol. The minimum atomic E-state index is -0.627. The van der Waals surface area contributed by atoms with Gasteiger partial charge in [-0.25, -0.2) is 4.79 Å². The van der Waals surface area contributed by atoms with Crippen molar-refractivity contribution >= 4 is 11.8 Å². The predicted octanol–water partition coefficient (Wildman–Crippen LogP) is 3.92. The molecule has 0 aliphatic carbocycles. The molecule has 0 unspecified atom stereocenters. The molecule has 4 rings (SSSR count). The molecule has 0 aromatic heterocycles. The van der Waals surface area contributed by atoms with E-state index in [0.717, 1.165) is 36.1 Å². The first-order valence-corrected chi connectivity index (χ1v) is 12.1. The van der Waals surface area contributed by atoms with Crippen molar-refractivity contribution in [2.24, 2.45) is 0 Å². The zero-order valence-corrected chi connectivity index (χ0v) is 19.8. The Hall–Kier alpha value is -2.75. The summed E-state index contributed by atoms with van der Waals surface area (Å²) in [6.07, 6.45) is 2.76. The minimum absolute atomic E-state index is 0.00724. The van der Waals surface area contributed by atoms with Gasteiger partial charge in [0.15, 0.2) is 6.29 Å². The van der Waals surface area contributed by atoms with Crippen molar-refractivity contribution in [1.82, 2.24) is 4.90 Å². The van der Waals surface area contributed by atoms with Crippen molar-refractivity contribution in [2.45, 2.75) is 50.4 Å². The standard InChI is InChI=1S/C27H34N2O6/c1-2-13-33-27(32)28-22-6-3-5-21(14-22)26-34-24(16-29-12-4-7-23(29)18-31)15-25(35-26)20-10-8-19(17-30)9-11-20/h2-3,5-6,8-11,14,23-26,30-31H,1,4,7,12-13,15-18H2,(H,28,32)/t23-,24+,25-,26-/m0/s1. The number of ether oxygens (including phenoxy) is 3. The molecule has 2 saturated heterocycles. The van der Waals surface area contributed by atoms with Gasteiger partial charge in [-0.1, -0.05) is 49.1 Å². The monoisotopic (exact) mass is 482 g/mol. The smallest absolute Gasteiger partial charge is 0.411 e. The number of rotatable bonds is 9. The van der Waals surface area contributed by atoms with E-state index in [-0.39, 0.29) is 38.1 Å². The summed E-state index contributed by atoms with van der Waals surface area (Å²) < 4.78 is 17.8. The minimum Gasteiger partial charge on any atom is -0.445 e. The van der Waals surface area contributed by atoms with Gasteiger partial charge >= 0.3 is 6.09 Å². The Morgan fingerprint density at radius 2 is 2.00 bits per heavy atom. The van der Waals surface area contributed by atoms with Crippen molar-refractivity contribution in [3.63, 3.8) is 0 Å². The average molecular weight is 483 g/mol. The van der Waals surface area contributed by atoms with Gasteiger partial charge in [0, 0.05) is 30.3 Å². The first-order valence-electron chi connectivity index (χ1n) is 12.1. The van der Waals surface area contributed by atoms with Crippen LogP contribution in [0.2, 0.25) is 0 Å². The number of anilines is 1. The SMILES string of the molecule is C=CCOC(=O)Nc1cccc([C@H]2O[C@@H](CN3CCC[C@H]3CO)C[C@@H](c3ccc(CO)cc3)O2)c1. The Balaban J connectivity index is 1.53. The number of aliphatic hydroxyl groups excluding tert-OH is 2. The highest BCUT2D eigenvalue weighted by Crippen LogP contribution is 2.39. The molecule has 35 heavy (non-hydrogen) atoms. The Morgan fingerprint density at radius 3 is 2.74 bits per heavy atom. The Bertz CT molecular complexity index is 982. The fraction of sp³-hybridized carbons (Fsp3) is 0.444. The van der Waals surface area contributed by atoms with Crippen LogP contribution < -0.4 is 5.32 Å². The lowest BCUT2D eigenvalue weighted by molar-refractivity contribution is -0.253. The van der Waals surface area contributed by atoms with Gasteiger partial charge < -0.3 is 24.4 Å². The van der Waals surface area contributed by atoms with E-state index >= 15 is 0 Å². The molecule has 0 saturated carbocycles. The Labute approximate surface area is 206 Å². The van der Waals surface area contributed by atoms with Crippen molar-refractivity contribution in [2.75, 3.05) is 31.6 Å². The number of nitrogens with one attached hydrogen (secondary N) is 1. The van der Waals surface area contributed by atoms with E-state index in [1.807, 2.05) is 42.5 Å². The zero-order chi connectivity index (χ0) is 24.6. The molecule has 2 fully saturated rings. The zero-order valence-electron chi connectivity index (χ0n) is 19.8. The Kier molecular flexibility index (Phi) is 8.90. The number of hydrogen-bond donors (Lipinski definition) is 3. The molecule has 3 N–H and O–H groups in total. The molecule has 1 amide bonds. The highest BCUT2D eigenvalue weighted by Gasteiger charge is 2.35. The summed E-state index contributed by atoms with van der Waals surface area (Å²) in [6.45, 7) is 5.47. The van der Waals surface area contributed by atoms with Gasteiger partial charge in [0.2, 0.25) is 0 Å². The molecule has 2 aliphatic heterocycles. The van der Waals surface area contributed by atoms with Crippen LogP contribution in [0.3, 0.4) is 0 Å². The summed E-state index contributed by atoms with van der Waals surface area (Å²) in [6, 6.07) is 15.3. The van der Waals surface area contributed by atoms with Crippen LogP contribution in [0.1, 0.15) is 48.3 Å². The van der Waals surface area contributed by atoms with Crippen LogP contribution in [0.25, 0.3) is 0 Å². The molecule has 0 radical (unpaired) electrons. The first-order chi connectivity index (χ1) is 17.1. The van der Waals surface area contributed by atoms with Crippen LogP contribution in [-0.2, 0) is 20.8 Å². The second kappa shape index (κ2) is 12.3. The van der Waals surface area contributed by atoms with Crippen LogP contribution in [-0.4, -0.2) is 59.7 Å². The fourth-order valence-corrected chi connectivity index (χ4v) is 4.69. The third-order valence-corrected chi connectivity index (χ3v) is 6.50. The van der Waals surface area contributed by atoms with Crippen LogP contribution in [0.4, 0.5) is 10.5 Å². The summed E-state index contributed by atoms with van der Waals surface area (Å²) >= 11 is 0. The highest BCUT2D eigenvalue weighted by molar-refractivity contribution is 5.84. The summed E-state index contributed by atoms with van der Waals surface area (Å²) in [5.41, 5.74) is 3.23. The molecule has 2 aromatic carbocycles.